The normalized spacial score (nSPS) is 17.1. The second kappa shape index (κ2) is 8.04. The maximum Gasteiger partial charge on any atom is 0.271 e. The van der Waals surface area contributed by atoms with Crippen molar-refractivity contribution in [2.45, 2.75) is 12.6 Å². The number of phenols is 1. The molecule has 0 bridgehead atoms. The van der Waals surface area contributed by atoms with Crippen molar-refractivity contribution in [2.24, 2.45) is 22.2 Å². The van der Waals surface area contributed by atoms with Crippen LogP contribution in [0.4, 0.5) is 5.69 Å². The number of benzene rings is 1. The Labute approximate surface area is 154 Å². The van der Waals surface area contributed by atoms with E-state index in [0.29, 0.717) is 12.1 Å². The fourth-order valence-electron chi connectivity index (χ4n) is 2.38. The summed E-state index contributed by atoms with van der Waals surface area (Å²) in [5, 5.41) is 27.0. The molecule has 26 heavy (non-hydrogen) atoms. The second-order valence-corrected chi connectivity index (χ2v) is 5.80. The van der Waals surface area contributed by atoms with Crippen LogP contribution >= 0.6 is 11.6 Å². The molecule has 1 aromatic rings. The van der Waals surface area contributed by atoms with E-state index in [1.54, 1.807) is 12.1 Å². The topological polar surface area (TPSA) is 178 Å². The average molecular weight is 382 g/mol. The van der Waals surface area contributed by atoms with Gasteiger partial charge in [-0.05, 0) is 30.7 Å². The quantitative estimate of drug-likeness (QED) is 0.290. The number of anilines is 1. The van der Waals surface area contributed by atoms with Gasteiger partial charge in [0.15, 0.2) is 5.70 Å². The summed E-state index contributed by atoms with van der Waals surface area (Å²) in [4.78, 5) is 18.0. The molecule has 1 aliphatic rings. The van der Waals surface area contributed by atoms with Crippen molar-refractivity contribution >= 4 is 34.3 Å². The van der Waals surface area contributed by atoms with Crippen LogP contribution in [0.25, 0.3) is 0 Å². The summed E-state index contributed by atoms with van der Waals surface area (Å²) in [6.45, 7) is 0.144. The summed E-state index contributed by atoms with van der Waals surface area (Å²) in [6.07, 6.45) is -0.735. The predicted octanol–water partition coefficient (Wildman–Crippen LogP) is -0.633. The highest BCUT2D eigenvalue weighted by molar-refractivity contribution is 6.67. The van der Waals surface area contributed by atoms with Crippen LogP contribution < -0.4 is 22.1 Å². The molecule has 1 aromatic carbocycles. The van der Waals surface area contributed by atoms with Crippen LogP contribution in [-0.2, 0) is 4.79 Å². The van der Waals surface area contributed by atoms with Gasteiger partial charge in [-0.15, -0.1) is 0 Å². The monoisotopic (exact) mass is 381 g/mol. The summed E-state index contributed by atoms with van der Waals surface area (Å²) in [5.41, 5.74) is 17.4. The number of halogens is 1. The highest BCUT2D eigenvalue weighted by Crippen LogP contribution is 2.24. The number of aliphatic hydroxyl groups is 1. The van der Waals surface area contributed by atoms with E-state index >= 15 is 0 Å². The molecular formula is C15H20ClN7O3. The SMILES string of the molecule is N=C(N(CCCO)c1ccc(O)cc1)N1C(N)=C(C(N)=O)N=C(Cl)C1N. The van der Waals surface area contributed by atoms with Gasteiger partial charge in [0.1, 0.15) is 22.9 Å². The molecule has 0 aliphatic carbocycles. The minimum atomic E-state index is -1.08. The molecule has 140 valence electrons. The van der Waals surface area contributed by atoms with E-state index in [9.17, 15) is 9.90 Å². The number of rotatable bonds is 5. The van der Waals surface area contributed by atoms with E-state index in [1.807, 2.05) is 0 Å². The van der Waals surface area contributed by atoms with Crippen molar-refractivity contribution in [3.05, 3.63) is 35.8 Å². The number of carbonyl (C=O) groups is 1. The number of nitrogens with one attached hydrogen (secondary N) is 1. The molecule has 1 aliphatic heterocycles. The zero-order valence-corrected chi connectivity index (χ0v) is 14.5. The Morgan fingerprint density at radius 1 is 1.38 bits per heavy atom. The molecule has 9 N–H and O–H groups in total. The lowest BCUT2D eigenvalue weighted by atomic mass is 10.2. The summed E-state index contributed by atoms with van der Waals surface area (Å²) in [7, 11) is 0. The number of nitrogens with zero attached hydrogens (tertiary/aromatic N) is 3. The van der Waals surface area contributed by atoms with Gasteiger partial charge in [-0.25, -0.2) is 4.99 Å². The lowest BCUT2D eigenvalue weighted by Crippen LogP contribution is -2.58. The Morgan fingerprint density at radius 3 is 2.54 bits per heavy atom. The Hall–Kier alpha value is -2.82. The molecule has 1 heterocycles. The number of aliphatic hydroxyl groups excluding tert-OH is 1. The second-order valence-electron chi connectivity index (χ2n) is 5.42. The van der Waals surface area contributed by atoms with E-state index in [0.717, 1.165) is 4.90 Å². The summed E-state index contributed by atoms with van der Waals surface area (Å²) < 4.78 is 0. The summed E-state index contributed by atoms with van der Waals surface area (Å²) in [5.74, 6) is -1.24. The van der Waals surface area contributed by atoms with Gasteiger partial charge in [-0.2, -0.15) is 0 Å². The molecule has 0 aromatic heterocycles. The number of nitrogens with two attached hydrogens (primary N) is 3. The predicted molar refractivity (Wildman–Crippen MR) is 98.4 cm³/mol. The van der Waals surface area contributed by atoms with Crippen molar-refractivity contribution in [3.8, 4) is 5.75 Å². The van der Waals surface area contributed by atoms with Gasteiger partial charge < -0.3 is 32.3 Å². The van der Waals surface area contributed by atoms with E-state index in [1.165, 1.54) is 17.0 Å². The first-order valence-electron chi connectivity index (χ1n) is 7.62. The lowest BCUT2D eigenvalue weighted by Gasteiger charge is -2.38. The number of carbonyl (C=O) groups excluding carboxylic acids is 1. The van der Waals surface area contributed by atoms with Crippen LogP contribution in [0.3, 0.4) is 0 Å². The maximum absolute atomic E-state index is 11.5. The van der Waals surface area contributed by atoms with Gasteiger partial charge in [0.05, 0.1) is 0 Å². The highest BCUT2D eigenvalue weighted by Gasteiger charge is 2.34. The standard InChI is InChI=1S/C15H20ClN7O3/c16-11-13(18)23(12(17)10(21-11)14(19)26)15(20)22(6-1-7-24)8-2-4-9(25)5-3-8/h2-5,13,20,24-25H,1,6-7,17-18H2,(H2,19,26). The van der Waals surface area contributed by atoms with Crippen molar-refractivity contribution in [1.29, 1.82) is 5.41 Å². The highest BCUT2D eigenvalue weighted by atomic mass is 35.5. The number of aliphatic imine (C=N–C) groups is 1. The first kappa shape index (κ1) is 19.5. The molecule has 1 unspecified atom stereocenters. The zero-order valence-electron chi connectivity index (χ0n) is 13.8. The minimum absolute atomic E-state index is 0.0580. The van der Waals surface area contributed by atoms with E-state index < -0.39 is 12.1 Å². The molecule has 0 saturated heterocycles. The van der Waals surface area contributed by atoms with Crippen LogP contribution in [0, 0.1) is 5.41 Å². The number of aromatic hydroxyl groups is 1. The number of phenolic OH excluding ortho intramolecular Hbond substituents is 1. The third kappa shape index (κ3) is 3.87. The van der Waals surface area contributed by atoms with Crippen LogP contribution in [0.15, 0.2) is 40.8 Å². The van der Waals surface area contributed by atoms with E-state index in [-0.39, 0.29) is 41.5 Å². The van der Waals surface area contributed by atoms with Crippen LogP contribution in [0.1, 0.15) is 6.42 Å². The fourth-order valence-corrected chi connectivity index (χ4v) is 2.56. The Morgan fingerprint density at radius 2 is 2.00 bits per heavy atom. The van der Waals surface area contributed by atoms with Crippen molar-refractivity contribution < 1.29 is 15.0 Å². The summed E-state index contributed by atoms with van der Waals surface area (Å²) in [6, 6.07) is 6.07. The molecule has 1 atom stereocenters. The minimum Gasteiger partial charge on any atom is -0.508 e. The van der Waals surface area contributed by atoms with Crippen molar-refractivity contribution in [2.75, 3.05) is 18.1 Å². The number of amides is 1. The Kier molecular flexibility index (Phi) is 6.03. The lowest BCUT2D eigenvalue weighted by molar-refractivity contribution is -0.114. The Bertz CT molecular complexity index is 763. The Balaban J connectivity index is 2.44. The van der Waals surface area contributed by atoms with E-state index in [2.05, 4.69) is 4.99 Å². The van der Waals surface area contributed by atoms with Gasteiger partial charge in [0.25, 0.3) is 5.91 Å². The van der Waals surface area contributed by atoms with Gasteiger partial charge in [-0.3, -0.25) is 15.1 Å². The largest absolute Gasteiger partial charge is 0.508 e. The van der Waals surface area contributed by atoms with Gasteiger partial charge in [0.2, 0.25) is 5.96 Å². The smallest absolute Gasteiger partial charge is 0.271 e. The van der Waals surface area contributed by atoms with Gasteiger partial charge in [0, 0.05) is 18.8 Å². The van der Waals surface area contributed by atoms with E-state index in [4.69, 9.17) is 39.3 Å². The number of guanidine groups is 1. The fraction of sp³-hybridized carbons (Fsp3) is 0.267. The molecule has 0 radical (unpaired) electrons. The summed E-state index contributed by atoms with van der Waals surface area (Å²) >= 11 is 5.98. The first-order valence-corrected chi connectivity index (χ1v) is 8.00. The van der Waals surface area contributed by atoms with Gasteiger partial charge in [-0.1, -0.05) is 11.6 Å². The molecule has 0 fully saturated rings. The molecule has 1 amide bonds. The third-order valence-electron chi connectivity index (χ3n) is 3.66. The van der Waals surface area contributed by atoms with Crippen molar-refractivity contribution in [1.82, 2.24) is 4.90 Å². The van der Waals surface area contributed by atoms with Crippen LogP contribution in [0.5, 0.6) is 5.75 Å². The van der Waals surface area contributed by atoms with Crippen LogP contribution in [0.2, 0.25) is 0 Å². The molecule has 0 saturated carbocycles. The zero-order chi connectivity index (χ0) is 19.4. The number of primary amides is 1. The molecular weight excluding hydrogens is 362 g/mol. The number of hydrogen-bond acceptors (Lipinski definition) is 7. The molecule has 2 rings (SSSR count). The molecule has 10 nitrogen and oxygen atoms in total. The van der Waals surface area contributed by atoms with Crippen molar-refractivity contribution in [3.63, 3.8) is 0 Å². The first-order chi connectivity index (χ1) is 12.3. The van der Waals surface area contributed by atoms with Crippen LogP contribution in [-0.4, -0.2) is 51.5 Å². The van der Waals surface area contributed by atoms with Gasteiger partial charge >= 0.3 is 0 Å². The molecule has 11 heteroatoms. The number of hydrogen-bond donors (Lipinski definition) is 6. The average Bonchev–Trinajstić information content (AvgIpc) is 2.59. The molecule has 0 spiro atoms. The third-order valence-corrected chi connectivity index (χ3v) is 3.97. The maximum atomic E-state index is 11.5.